The minimum absolute atomic E-state index is 0.748. The molecule has 3 N–H and O–H groups in total. The fraction of sp³-hybridized carbons (Fsp3) is 0.583. The molecule has 90 valence electrons. The van der Waals surface area contributed by atoms with Crippen molar-refractivity contribution in [3.8, 4) is 0 Å². The molecule has 1 heterocycles. The maximum absolute atomic E-state index is 5.70. The Hall–Kier alpha value is -1.29. The molecule has 0 saturated carbocycles. The highest BCUT2D eigenvalue weighted by atomic mass is 15.0. The predicted octanol–water partition coefficient (Wildman–Crippen LogP) is 1.73. The van der Waals surface area contributed by atoms with Crippen molar-refractivity contribution in [3.63, 3.8) is 0 Å². The smallest absolute Gasteiger partial charge is 0.126 e. The molecule has 0 spiro atoms. The molecule has 4 nitrogen and oxygen atoms in total. The van der Waals surface area contributed by atoms with Crippen LogP contribution in [-0.2, 0) is 0 Å². The average molecular weight is 222 g/mol. The first kappa shape index (κ1) is 12.8. The third-order valence-electron chi connectivity index (χ3n) is 2.49. The van der Waals surface area contributed by atoms with Crippen LogP contribution in [0, 0.1) is 6.92 Å². The molecule has 0 fully saturated rings. The van der Waals surface area contributed by atoms with Crippen LogP contribution in [0.5, 0.6) is 0 Å². The third kappa shape index (κ3) is 4.49. The van der Waals surface area contributed by atoms with Gasteiger partial charge in [0.25, 0.3) is 0 Å². The number of aryl methyl sites for hydroxylation is 1. The number of rotatable bonds is 6. The summed E-state index contributed by atoms with van der Waals surface area (Å²) in [6.07, 6.45) is 4.06. The molecular formula is C12H22N4. The summed E-state index contributed by atoms with van der Waals surface area (Å²) in [5.74, 6) is 0.913. The molecule has 0 unspecified atom stereocenters. The molecule has 0 saturated heterocycles. The molecule has 1 aromatic heterocycles. The van der Waals surface area contributed by atoms with Gasteiger partial charge in [0.1, 0.15) is 5.82 Å². The zero-order chi connectivity index (χ0) is 12.0. The second-order valence-electron chi connectivity index (χ2n) is 4.36. The largest absolute Gasteiger partial charge is 0.397 e. The summed E-state index contributed by atoms with van der Waals surface area (Å²) in [7, 11) is 4.19. The summed E-state index contributed by atoms with van der Waals surface area (Å²) in [6.45, 7) is 4.09. The summed E-state index contributed by atoms with van der Waals surface area (Å²) < 4.78 is 0. The molecule has 0 aromatic carbocycles. The van der Waals surface area contributed by atoms with Gasteiger partial charge in [-0.25, -0.2) is 4.98 Å². The molecular weight excluding hydrogens is 200 g/mol. The van der Waals surface area contributed by atoms with E-state index in [1.165, 1.54) is 6.42 Å². The van der Waals surface area contributed by atoms with E-state index in [2.05, 4.69) is 29.3 Å². The van der Waals surface area contributed by atoms with Gasteiger partial charge >= 0.3 is 0 Å². The Labute approximate surface area is 97.9 Å². The van der Waals surface area contributed by atoms with Crippen LogP contribution in [0.15, 0.2) is 12.3 Å². The molecule has 1 rings (SSSR count). The molecule has 4 heteroatoms. The molecule has 0 aliphatic rings. The second-order valence-corrected chi connectivity index (χ2v) is 4.36. The number of nitrogen functional groups attached to an aromatic ring is 1. The average Bonchev–Trinajstić information content (AvgIpc) is 2.22. The molecule has 0 aliphatic carbocycles. The van der Waals surface area contributed by atoms with E-state index in [0.717, 1.165) is 36.6 Å². The van der Waals surface area contributed by atoms with Crippen LogP contribution in [0.25, 0.3) is 0 Å². The number of unbranched alkanes of at least 4 members (excludes halogenated alkanes) is 1. The number of hydrogen-bond acceptors (Lipinski definition) is 4. The second kappa shape index (κ2) is 6.33. The topological polar surface area (TPSA) is 54.2 Å². The van der Waals surface area contributed by atoms with Gasteiger partial charge in [0, 0.05) is 6.54 Å². The van der Waals surface area contributed by atoms with Crippen molar-refractivity contribution in [3.05, 3.63) is 17.8 Å². The van der Waals surface area contributed by atoms with E-state index in [1.807, 2.05) is 13.0 Å². The molecule has 1 aromatic rings. The quantitative estimate of drug-likeness (QED) is 0.720. The van der Waals surface area contributed by atoms with Gasteiger partial charge in [-0.1, -0.05) is 0 Å². The zero-order valence-electron chi connectivity index (χ0n) is 10.5. The normalized spacial score (nSPS) is 10.8. The number of nitrogens with one attached hydrogen (secondary N) is 1. The highest BCUT2D eigenvalue weighted by Crippen LogP contribution is 2.12. The summed E-state index contributed by atoms with van der Waals surface area (Å²) in [5.41, 5.74) is 7.53. The minimum Gasteiger partial charge on any atom is -0.397 e. The summed E-state index contributed by atoms with van der Waals surface area (Å²) in [4.78, 5) is 6.43. The minimum atomic E-state index is 0.748. The van der Waals surface area contributed by atoms with Crippen LogP contribution in [0.1, 0.15) is 18.4 Å². The zero-order valence-corrected chi connectivity index (χ0v) is 10.5. The Bertz CT molecular complexity index is 323. The number of nitrogens with two attached hydrogens (primary N) is 1. The number of anilines is 2. The standard InChI is InChI=1S/C12H22N4/c1-10-8-12(15-9-11(10)13)14-6-4-5-7-16(2)3/h8-9H,4-7,13H2,1-3H3,(H,14,15). The highest BCUT2D eigenvalue weighted by molar-refractivity contribution is 5.50. The van der Waals surface area contributed by atoms with Crippen LogP contribution in [-0.4, -0.2) is 37.1 Å². The lowest BCUT2D eigenvalue weighted by Crippen LogP contribution is -2.14. The Balaban J connectivity index is 2.24. The Morgan fingerprint density at radius 1 is 1.38 bits per heavy atom. The van der Waals surface area contributed by atoms with Crippen molar-refractivity contribution >= 4 is 11.5 Å². The number of aromatic nitrogens is 1. The van der Waals surface area contributed by atoms with Gasteiger partial charge in [0.15, 0.2) is 0 Å². The third-order valence-corrected chi connectivity index (χ3v) is 2.49. The SMILES string of the molecule is Cc1cc(NCCCCN(C)C)ncc1N. The molecule has 0 atom stereocenters. The van der Waals surface area contributed by atoms with Gasteiger partial charge in [-0.2, -0.15) is 0 Å². The number of nitrogens with zero attached hydrogens (tertiary/aromatic N) is 2. The van der Waals surface area contributed by atoms with Gasteiger partial charge in [0.2, 0.25) is 0 Å². The highest BCUT2D eigenvalue weighted by Gasteiger charge is 1.97. The molecule has 16 heavy (non-hydrogen) atoms. The van der Waals surface area contributed by atoms with Crippen molar-refractivity contribution < 1.29 is 0 Å². The first-order valence-corrected chi connectivity index (χ1v) is 5.70. The van der Waals surface area contributed by atoms with Gasteiger partial charge in [0.05, 0.1) is 11.9 Å². The van der Waals surface area contributed by atoms with E-state index in [1.54, 1.807) is 6.20 Å². The van der Waals surface area contributed by atoms with Gasteiger partial charge in [-0.3, -0.25) is 0 Å². The van der Waals surface area contributed by atoms with Gasteiger partial charge < -0.3 is 16.0 Å². The lowest BCUT2D eigenvalue weighted by Gasteiger charge is -2.10. The molecule has 0 amide bonds. The fourth-order valence-electron chi connectivity index (χ4n) is 1.43. The summed E-state index contributed by atoms with van der Waals surface area (Å²) >= 11 is 0. The Morgan fingerprint density at radius 2 is 2.12 bits per heavy atom. The lowest BCUT2D eigenvalue weighted by molar-refractivity contribution is 0.396. The number of hydrogen-bond donors (Lipinski definition) is 2. The van der Waals surface area contributed by atoms with E-state index in [0.29, 0.717) is 0 Å². The fourth-order valence-corrected chi connectivity index (χ4v) is 1.43. The van der Waals surface area contributed by atoms with Crippen LogP contribution < -0.4 is 11.1 Å². The van der Waals surface area contributed by atoms with Crippen LogP contribution in [0.4, 0.5) is 11.5 Å². The van der Waals surface area contributed by atoms with Crippen molar-refractivity contribution in [2.24, 2.45) is 0 Å². The predicted molar refractivity (Wildman–Crippen MR) is 69.7 cm³/mol. The summed E-state index contributed by atoms with van der Waals surface area (Å²) in [5, 5.41) is 3.30. The van der Waals surface area contributed by atoms with Gasteiger partial charge in [-0.05, 0) is 52.0 Å². The molecule has 0 aliphatic heterocycles. The van der Waals surface area contributed by atoms with Crippen molar-refractivity contribution in [2.45, 2.75) is 19.8 Å². The molecule has 0 radical (unpaired) electrons. The van der Waals surface area contributed by atoms with E-state index in [-0.39, 0.29) is 0 Å². The lowest BCUT2D eigenvalue weighted by atomic mass is 10.2. The van der Waals surface area contributed by atoms with E-state index in [4.69, 9.17) is 5.73 Å². The van der Waals surface area contributed by atoms with E-state index in [9.17, 15) is 0 Å². The maximum atomic E-state index is 5.70. The first-order chi connectivity index (χ1) is 7.59. The van der Waals surface area contributed by atoms with Crippen molar-refractivity contribution in [1.29, 1.82) is 0 Å². The monoisotopic (exact) mass is 222 g/mol. The summed E-state index contributed by atoms with van der Waals surface area (Å²) in [6, 6.07) is 1.99. The van der Waals surface area contributed by atoms with Crippen LogP contribution >= 0.6 is 0 Å². The molecule has 0 bridgehead atoms. The Morgan fingerprint density at radius 3 is 2.75 bits per heavy atom. The van der Waals surface area contributed by atoms with Crippen LogP contribution in [0.3, 0.4) is 0 Å². The Kier molecular flexibility index (Phi) is 5.05. The van der Waals surface area contributed by atoms with Crippen molar-refractivity contribution in [1.82, 2.24) is 9.88 Å². The van der Waals surface area contributed by atoms with E-state index < -0.39 is 0 Å². The van der Waals surface area contributed by atoms with Crippen molar-refractivity contribution in [2.75, 3.05) is 38.2 Å². The first-order valence-electron chi connectivity index (χ1n) is 5.70. The van der Waals surface area contributed by atoms with Gasteiger partial charge in [-0.15, -0.1) is 0 Å². The van der Waals surface area contributed by atoms with E-state index >= 15 is 0 Å². The number of pyridine rings is 1. The van der Waals surface area contributed by atoms with Crippen LogP contribution in [0.2, 0.25) is 0 Å². The maximum Gasteiger partial charge on any atom is 0.126 e.